The summed E-state index contributed by atoms with van der Waals surface area (Å²) in [5, 5.41) is 5.56. The molecular formula is C13H15BrN2OS. The summed E-state index contributed by atoms with van der Waals surface area (Å²) in [6.45, 7) is 3.00. The van der Waals surface area contributed by atoms with Crippen molar-refractivity contribution in [2.75, 3.05) is 13.7 Å². The van der Waals surface area contributed by atoms with Crippen molar-refractivity contribution in [1.29, 1.82) is 0 Å². The minimum Gasteiger partial charge on any atom is -0.495 e. The third-order valence-electron chi connectivity index (χ3n) is 2.58. The Balaban J connectivity index is 2.34. The Morgan fingerprint density at radius 1 is 1.44 bits per heavy atom. The van der Waals surface area contributed by atoms with Gasteiger partial charge in [-0.2, -0.15) is 0 Å². The average Bonchev–Trinajstić information content (AvgIpc) is 2.82. The van der Waals surface area contributed by atoms with E-state index in [1.165, 1.54) is 4.88 Å². The Kier molecular flexibility index (Phi) is 4.74. The molecule has 2 rings (SSSR count). The first-order valence-electron chi connectivity index (χ1n) is 5.70. The molecule has 1 N–H and O–H groups in total. The van der Waals surface area contributed by atoms with Crippen LogP contribution in [-0.2, 0) is 0 Å². The molecule has 0 amide bonds. The van der Waals surface area contributed by atoms with Crippen LogP contribution >= 0.6 is 27.3 Å². The summed E-state index contributed by atoms with van der Waals surface area (Å²) in [6, 6.07) is 4.32. The molecule has 2 aromatic heterocycles. The average molecular weight is 327 g/mol. The number of methoxy groups -OCH3 is 1. The van der Waals surface area contributed by atoms with Crippen LogP contribution in [0.5, 0.6) is 5.75 Å². The number of nitrogens with one attached hydrogen (secondary N) is 1. The number of halogens is 1. The second-order valence-electron chi connectivity index (χ2n) is 3.82. The Hall–Kier alpha value is -0.910. The summed E-state index contributed by atoms with van der Waals surface area (Å²) in [6.07, 6.45) is 3.60. The molecule has 0 fully saturated rings. The summed E-state index contributed by atoms with van der Waals surface area (Å²) in [4.78, 5) is 5.48. The van der Waals surface area contributed by atoms with Gasteiger partial charge in [0, 0.05) is 20.9 Å². The van der Waals surface area contributed by atoms with Crippen LogP contribution in [0.1, 0.15) is 23.4 Å². The summed E-state index contributed by atoms with van der Waals surface area (Å²) in [5.74, 6) is 0.783. The molecule has 0 aliphatic heterocycles. The van der Waals surface area contributed by atoms with Gasteiger partial charge in [-0.25, -0.2) is 0 Å². The minimum atomic E-state index is 0.161. The van der Waals surface area contributed by atoms with Crippen LogP contribution in [0.3, 0.4) is 0 Å². The molecule has 0 aliphatic rings. The fourth-order valence-corrected chi connectivity index (χ4v) is 3.32. The second-order valence-corrected chi connectivity index (χ2v) is 5.67. The fraction of sp³-hybridized carbons (Fsp3) is 0.308. The molecule has 0 aromatic carbocycles. The van der Waals surface area contributed by atoms with E-state index >= 15 is 0 Å². The van der Waals surface area contributed by atoms with Crippen LogP contribution in [0, 0.1) is 0 Å². The lowest BCUT2D eigenvalue weighted by Crippen LogP contribution is -2.21. The normalized spacial score (nSPS) is 12.4. The molecule has 2 heterocycles. The van der Waals surface area contributed by atoms with Gasteiger partial charge in [-0.3, -0.25) is 4.98 Å². The fourth-order valence-electron chi connectivity index (χ4n) is 1.77. The number of hydrogen-bond acceptors (Lipinski definition) is 4. The zero-order valence-corrected chi connectivity index (χ0v) is 12.7. The first kappa shape index (κ1) is 13.5. The monoisotopic (exact) mass is 326 g/mol. The van der Waals surface area contributed by atoms with Crippen LogP contribution in [0.2, 0.25) is 0 Å². The maximum absolute atomic E-state index is 5.23. The maximum Gasteiger partial charge on any atom is 0.137 e. The Bertz CT molecular complexity index is 515. The van der Waals surface area contributed by atoms with E-state index in [0.29, 0.717) is 0 Å². The number of hydrogen-bond donors (Lipinski definition) is 1. The molecule has 0 saturated heterocycles. The van der Waals surface area contributed by atoms with Gasteiger partial charge < -0.3 is 10.1 Å². The molecule has 5 heteroatoms. The van der Waals surface area contributed by atoms with Gasteiger partial charge in [-0.15, -0.1) is 11.3 Å². The smallest absolute Gasteiger partial charge is 0.137 e. The predicted octanol–water partition coefficient (Wildman–Crippen LogP) is 3.61. The molecule has 1 atom stereocenters. The zero-order chi connectivity index (χ0) is 13.0. The Morgan fingerprint density at radius 2 is 2.28 bits per heavy atom. The van der Waals surface area contributed by atoms with Crippen molar-refractivity contribution < 1.29 is 4.74 Å². The van der Waals surface area contributed by atoms with Gasteiger partial charge in [0.05, 0.1) is 19.3 Å². The van der Waals surface area contributed by atoms with Crippen LogP contribution in [-0.4, -0.2) is 18.6 Å². The lowest BCUT2D eigenvalue weighted by molar-refractivity contribution is 0.411. The Morgan fingerprint density at radius 3 is 2.89 bits per heavy atom. The van der Waals surface area contributed by atoms with Crippen molar-refractivity contribution in [2.45, 2.75) is 13.0 Å². The molecule has 3 nitrogen and oxygen atoms in total. The molecule has 0 bridgehead atoms. The largest absolute Gasteiger partial charge is 0.495 e. The minimum absolute atomic E-state index is 0.161. The molecular weight excluding hydrogens is 312 g/mol. The summed E-state index contributed by atoms with van der Waals surface area (Å²) in [5.41, 5.74) is 1.12. The molecule has 18 heavy (non-hydrogen) atoms. The molecule has 0 radical (unpaired) electrons. The van der Waals surface area contributed by atoms with Crippen molar-refractivity contribution in [3.8, 4) is 5.75 Å². The Labute approximate surface area is 119 Å². The highest BCUT2D eigenvalue weighted by atomic mass is 79.9. The molecule has 0 saturated carbocycles. The van der Waals surface area contributed by atoms with Crippen molar-refractivity contribution in [3.63, 3.8) is 0 Å². The molecule has 96 valence electrons. The first-order chi connectivity index (χ1) is 8.74. The topological polar surface area (TPSA) is 34.2 Å². The quantitative estimate of drug-likeness (QED) is 0.911. The van der Waals surface area contributed by atoms with Gasteiger partial charge in [0.2, 0.25) is 0 Å². The van der Waals surface area contributed by atoms with Gasteiger partial charge in [0.25, 0.3) is 0 Å². The standard InChI is InChI=1S/C13H15BrN2OS/c1-3-16-13(12-5-10(14)8-18-12)9-4-11(17-2)7-15-6-9/h4-8,13,16H,3H2,1-2H3. The van der Waals surface area contributed by atoms with E-state index in [2.05, 4.69) is 44.6 Å². The van der Waals surface area contributed by atoms with Crippen LogP contribution in [0.15, 0.2) is 34.4 Å². The van der Waals surface area contributed by atoms with Gasteiger partial charge in [-0.1, -0.05) is 6.92 Å². The van der Waals surface area contributed by atoms with E-state index in [-0.39, 0.29) is 6.04 Å². The number of pyridine rings is 1. The summed E-state index contributed by atoms with van der Waals surface area (Å²) < 4.78 is 6.34. The van der Waals surface area contributed by atoms with E-state index in [0.717, 1.165) is 22.3 Å². The van der Waals surface area contributed by atoms with E-state index in [1.54, 1.807) is 24.6 Å². The van der Waals surface area contributed by atoms with Crippen molar-refractivity contribution in [1.82, 2.24) is 10.3 Å². The highest BCUT2D eigenvalue weighted by Crippen LogP contribution is 2.30. The second kappa shape index (κ2) is 6.31. The predicted molar refractivity (Wildman–Crippen MR) is 78.3 cm³/mol. The molecule has 1 unspecified atom stereocenters. The van der Waals surface area contributed by atoms with E-state index in [4.69, 9.17) is 4.74 Å². The van der Waals surface area contributed by atoms with E-state index < -0.39 is 0 Å². The number of nitrogens with zero attached hydrogens (tertiary/aromatic N) is 1. The lowest BCUT2D eigenvalue weighted by atomic mass is 10.1. The molecule has 0 spiro atoms. The van der Waals surface area contributed by atoms with Crippen molar-refractivity contribution >= 4 is 27.3 Å². The first-order valence-corrected chi connectivity index (χ1v) is 7.38. The van der Waals surface area contributed by atoms with Gasteiger partial charge >= 0.3 is 0 Å². The van der Waals surface area contributed by atoms with Crippen molar-refractivity contribution in [3.05, 3.63) is 44.8 Å². The van der Waals surface area contributed by atoms with Gasteiger partial charge in [0.15, 0.2) is 0 Å². The van der Waals surface area contributed by atoms with Crippen LogP contribution in [0.25, 0.3) is 0 Å². The SMILES string of the molecule is CCNC(c1cncc(OC)c1)c1cc(Br)cs1. The number of rotatable bonds is 5. The van der Waals surface area contributed by atoms with Gasteiger partial charge in [-0.05, 0) is 40.2 Å². The summed E-state index contributed by atoms with van der Waals surface area (Å²) in [7, 11) is 1.66. The number of thiophene rings is 1. The lowest BCUT2D eigenvalue weighted by Gasteiger charge is -2.17. The summed E-state index contributed by atoms with van der Waals surface area (Å²) >= 11 is 5.22. The van der Waals surface area contributed by atoms with Crippen LogP contribution < -0.4 is 10.1 Å². The molecule has 2 aromatic rings. The van der Waals surface area contributed by atoms with E-state index in [9.17, 15) is 0 Å². The third-order valence-corrected chi connectivity index (χ3v) is 4.34. The highest BCUT2D eigenvalue weighted by molar-refractivity contribution is 9.10. The van der Waals surface area contributed by atoms with E-state index in [1.807, 2.05) is 12.3 Å². The zero-order valence-electron chi connectivity index (χ0n) is 10.3. The highest BCUT2D eigenvalue weighted by Gasteiger charge is 2.16. The molecule has 0 aliphatic carbocycles. The third kappa shape index (κ3) is 3.10. The van der Waals surface area contributed by atoms with Crippen LogP contribution in [0.4, 0.5) is 0 Å². The number of aromatic nitrogens is 1. The van der Waals surface area contributed by atoms with Crippen molar-refractivity contribution in [2.24, 2.45) is 0 Å². The number of ether oxygens (including phenoxy) is 1. The maximum atomic E-state index is 5.23. The van der Waals surface area contributed by atoms with Gasteiger partial charge in [0.1, 0.15) is 5.75 Å².